The molecule has 1 heterocycles. The first-order valence-corrected chi connectivity index (χ1v) is 6.58. The minimum atomic E-state index is -1.23. The molecule has 0 bridgehead atoms. The van der Waals surface area contributed by atoms with Crippen LogP contribution in [0.2, 0.25) is 0 Å². The fraction of sp³-hybridized carbons (Fsp3) is 0. The second kappa shape index (κ2) is 6.71. The molecular formula is C14H11N3O5S. The SMILES string of the molecule is NC(=S)NN=Cc1ccc(-c2cc(C(=O)O)cc(C(=O)O)c2)o1. The van der Waals surface area contributed by atoms with E-state index in [0.717, 1.165) is 6.07 Å². The molecule has 0 saturated carbocycles. The van der Waals surface area contributed by atoms with Gasteiger partial charge in [-0.15, -0.1) is 0 Å². The quantitative estimate of drug-likeness (QED) is 0.367. The van der Waals surface area contributed by atoms with Crippen molar-refractivity contribution in [1.29, 1.82) is 0 Å². The number of hydrogen-bond donors (Lipinski definition) is 4. The first kappa shape index (κ1) is 16.2. The molecule has 0 unspecified atom stereocenters. The number of benzene rings is 1. The number of carboxylic acid groups (broad SMARTS) is 2. The number of rotatable bonds is 5. The van der Waals surface area contributed by atoms with Crippen molar-refractivity contribution in [3.8, 4) is 11.3 Å². The van der Waals surface area contributed by atoms with Gasteiger partial charge in [0.15, 0.2) is 5.11 Å². The van der Waals surface area contributed by atoms with Crippen molar-refractivity contribution < 1.29 is 24.2 Å². The first-order valence-electron chi connectivity index (χ1n) is 6.17. The molecule has 1 aromatic heterocycles. The molecule has 0 aliphatic heterocycles. The van der Waals surface area contributed by atoms with Gasteiger partial charge in [0.05, 0.1) is 17.3 Å². The van der Waals surface area contributed by atoms with Crippen molar-refractivity contribution >= 4 is 35.5 Å². The predicted molar refractivity (Wildman–Crippen MR) is 85.6 cm³/mol. The number of hydrogen-bond acceptors (Lipinski definition) is 5. The topological polar surface area (TPSA) is 138 Å². The second-order valence-electron chi connectivity index (χ2n) is 4.35. The van der Waals surface area contributed by atoms with E-state index in [0.29, 0.717) is 17.1 Å². The van der Waals surface area contributed by atoms with Gasteiger partial charge in [-0.1, -0.05) is 0 Å². The van der Waals surface area contributed by atoms with Crippen molar-refractivity contribution in [2.75, 3.05) is 0 Å². The van der Waals surface area contributed by atoms with Crippen LogP contribution in [-0.4, -0.2) is 33.5 Å². The van der Waals surface area contributed by atoms with Gasteiger partial charge in [0.25, 0.3) is 0 Å². The summed E-state index contributed by atoms with van der Waals surface area (Å²) in [6.45, 7) is 0. The molecule has 0 fully saturated rings. The van der Waals surface area contributed by atoms with Gasteiger partial charge in [-0.05, 0) is 42.5 Å². The fourth-order valence-corrected chi connectivity index (χ4v) is 1.81. The minimum Gasteiger partial charge on any atom is -0.478 e. The minimum absolute atomic E-state index is 0.00621. The monoisotopic (exact) mass is 333 g/mol. The maximum absolute atomic E-state index is 11.1. The average molecular weight is 333 g/mol. The molecule has 5 N–H and O–H groups in total. The van der Waals surface area contributed by atoms with E-state index in [-0.39, 0.29) is 16.2 Å². The molecular weight excluding hydrogens is 322 g/mol. The summed E-state index contributed by atoms with van der Waals surface area (Å²) in [6, 6.07) is 6.86. The molecule has 118 valence electrons. The van der Waals surface area contributed by atoms with E-state index in [9.17, 15) is 9.59 Å². The lowest BCUT2D eigenvalue weighted by atomic mass is 10.0. The molecule has 2 aromatic rings. The second-order valence-corrected chi connectivity index (χ2v) is 4.79. The third-order valence-corrected chi connectivity index (χ3v) is 2.80. The molecule has 0 amide bonds. The summed E-state index contributed by atoms with van der Waals surface area (Å²) in [5.41, 5.74) is 7.58. The number of nitrogens with two attached hydrogens (primary N) is 1. The lowest BCUT2D eigenvalue weighted by Crippen LogP contribution is -2.23. The fourth-order valence-electron chi connectivity index (χ4n) is 1.75. The lowest BCUT2D eigenvalue weighted by molar-refractivity contribution is 0.0696. The highest BCUT2D eigenvalue weighted by Gasteiger charge is 2.14. The molecule has 1 aromatic carbocycles. The summed E-state index contributed by atoms with van der Waals surface area (Å²) in [5, 5.41) is 21.8. The summed E-state index contributed by atoms with van der Waals surface area (Å²) < 4.78 is 5.46. The van der Waals surface area contributed by atoms with Gasteiger partial charge < -0.3 is 20.4 Å². The highest BCUT2D eigenvalue weighted by molar-refractivity contribution is 7.80. The molecule has 0 aliphatic rings. The van der Waals surface area contributed by atoms with Crippen LogP contribution in [0, 0.1) is 0 Å². The highest BCUT2D eigenvalue weighted by Crippen LogP contribution is 2.24. The largest absolute Gasteiger partial charge is 0.478 e. The van der Waals surface area contributed by atoms with Crippen LogP contribution >= 0.6 is 12.2 Å². The zero-order valence-corrected chi connectivity index (χ0v) is 12.3. The van der Waals surface area contributed by atoms with E-state index in [1.807, 2.05) is 0 Å². The van der Waals surface area contributed by atoms with Crippen molar-refractivity contribution in [1.82, 2.24) is 5.43 Å². The summed E-state index contributed by atoms with van der Waals surface area (Å²) in [5.74, 6) is -1.82. The number of carboxylic acids is 2. The van der Waals surface area contributed by atoms with Crippen molar-refractivity contribution in [2.24, 2.45) is 10.8 Å². The van der Waals surface area contributed by atoms with Crippen LogP contribution in [0.3, 0.4) is 0 Å². The van der Waals surface area contributed by atoms with E-state index < -0.39 is 11.9 Å². The van der Waals surface area contributed by atoms with Crippen LogP contribution in [0.15, 0.2) is 39.9 Å². The maximum Gasteiger partial charge on any atom is 0.335 e. The van der Waals surface area contributed by atoms with E-state index >= 15 is 0 Å². The number of thiocarbonyl (C=S) groups is 1. The average Bonchev–Trinajstić information content (AvgIpc) is 2.95. The summed E-state index contributed by atoms with van der Waals surface area (Å²) in [4.78, 5) is 22.2. The number of furan rings is 1. The Labute approximate surface area is 135 Å². The molecule has 8 nitrogen and oxygen atoms in total. The first-order chi connectivity index (χ1) is 10.9. The van der Waals surface area contributed by atoms with Crippen LogP contribution < -0.4 is 11.2 Å². The Morgan fingerprint density at radius 3 is 2.30 bits per heavy atom. The Morgan fingerprint density at radius 2 is 1.78 bits per heavy atom. The molecule has 23 heavy (non-hydrogen) atoms. The van der Waals surface area contributed by atoms with Crippen molar-refractivity contribution in [3.63, 3.8) is 0 Å². The molecule has 2 rings (SSSR count). The normalized spacial score (nSPS) is 10.6. The summed E-state index contributed by atoms with van der Waals surface area (Å²) >= 11 is 4.58. The van der Waals surface area contributed by atoms with Crippen molar-refractivity contribution in [3.05, 3.63) is 47.2 Å². The number of nitrogens with zero attached hydrogens (tertiary/aromatic N) is 1. The smallest absolute Gasteiger partial charge is 0.335 e. The van der Waals surface area contributed by atoms with Gasteiger partial charge in [0.1, 0.15) is 11.5 Å². The summed E-state index contributed by atoms with van der Waals surface area (Å²) in [6.07, 6.45) is 1.32. The standard InChI is InChI=1S/C14H11N3O5S/c15-14(23)17-16-6-10-1-2-11(22-10)7-3-8(12(18)19)5-9(4-7)13(20)21/h1-6H,(H,18,19)(H,20,21)(H3,15,17,23). The molecule has 0 aliphatic carbocycles. The Hall–Kier alpha value is -3.20. The van der Waals surface area contributed by atoms with E-state index in [1.54, 1.807) is 12.1 Å². The van der Waals surface area contributed by atoms with Crippen LogP contribution in [0.4, 0.5) is 0 Å². The predicted octanol–water partition coefficient (Wildman–Crippen LogP) is 1.51. The zero-order valence-electron chi connectivity index (χ0n) is 11.5. The van der Waals surface area contributed by atoms with E-state index in [4.69, 9.17) is 20.4 Å². The van der Waals surface area contributed by atoms with Crippen LogP contribution in [0.1, 0.15) is 26.5 Å². The van der Waals surface area contributed by atoms with Gasteiger partial charge in [-0.2, -0.15) is 5.10 Å². The van der Waals surface area contributed by atoms with Gasteiger partial charge in [-0.25, -0.2) is 9.59 Å². The summed E-state index contributed by atoms with van der Waals surface area (Å²) in [7, 11) is 0. The van der Waals surface area contributed by atoms with Crippen LogP contribution in [0.5, 0.6) is 0 Å². The number of hydrazone groups is 1. The third kappa shape index (κ3) is 4.14. The van der Waals surface area contributed by atoms with E-state index in [2.05, 4.69) is 22.7 Å². The molecule has 0 spiro atoms. The zero-order chi connectivity index (χ0) is 17.0. The number of nitrogens with one attached hydrogen (secondary N) is 1. The van der Waals surface area contributed by atoms with E-state index in [1.165, 1.54) is 18.3 Å². The number of aromatic carboxylic acids is 2. The Morgan fingerprint density at radius 1 is 1.17 bits per heavy atom. The maximum atomic E-state index is 11.1. The molecule has 9 heteroatoms. The van der Waals surface area contributed by atoms with Gasteiger partial charge in [-0.3, -0.25) is 5.43 Å². The highest BCUT2D eigenvalue weighted by atomic mass is 32.1. The van der Waals surface area contributed by atoms with Crippen LogP contribution in [-0.2, 0) is 0 Å². The Bertz CT molecular complexity index is 780. The third-order valence-electron chi connectivity index (χ3n) is 2.70. The molecule has 0 radical (unpaired) electrons. The Balaban J connectivity index is 2.36. The van der Waals surface area contributed by atoms with Crippen LogP contribution in [0.25, 0.3) is 11.3 Å². The van der Waals surface area contributed by atoms with Gasteiger partial charge >= 0.3 is 11.9 Å². The molecule has 0 saturated heterocycles. The lowest BCUT2D eigenvalue weighted by Gasteiger charge is -2.03. The van der Waals surface area contributed by atoms with Gasteiger partial charge in [0, 0.05) is 5.56 Å². The Kier molecular flexibility index (Phi) is 4.72. The number of carbonyl (C=O) groups is 2. The van der Waals surface area contributed by atoms with Crippen molar-refractivity contribution in [2.45, 2.75) is 0 Å². The molecule has 0 atom stereocenters. The van der Waals surface area contributed by atoms with Gasteiger partial charge in [0.2, 0.25) is 0 Å².